The zero-order valence-electron chi connectivity index (χ0n) is 28.2. The van der Waals surface area contributed by atoms with Crippen molar-refractivity contribution >= 4 is 45.8 Å². The number of carbonyl (C=O) groups excluding carboxylic acids is 1. The van der Waals surface area contributed by atoms with Gasteiger partial charge in [0.2, 0.25) is 11.8 Å². The van der Waals surface area contributed by atoms with E-state index >= 15 is 0 Å². The number of carboxylic acids is 2. The second-order valence-electron chi connectivity index (χ2n) is 12.0. The maximum absolute atomic E-state index is 14.1. The molecule has 11 heteroatoms. The number of benzene rings is 4. The Balaban J connectivity index is 1.53. The Bertz CT molecular complexity index is 1950. The number of aliphatic carboxylic acids is 2. The highest BCUT2D eigenvalue weighted by Crippen LogP contribution is 2.36. The molecule has 0 radical (unpaired) electrons. The normalized spacial score (nSPS) is 13.3. The van der Waals surface area contributed by atoms with Crippen LogP contribution >= 0.6 is 0 Å². The first-order valence-electron chi connectivity index (χ1n) is 16.2. The van der Waals surface area contributed by atoms with E-state index in [-0.39, 0.29) is 19.3 Å². The van der Waals surface area contributed by atoms with E-state index in [4.69, 9.17) is 18.6 Å². The van der Waals surface area contributed by atoms with Crippen molar-refractivity contribution < 1.29 is 43.2 Å². The van der Waals surface area contributed by atoms with Crippen molar-refractivity contribution in [3.63, 3.8) is 0 Å². The molecule has 5 aromatic rings. The van der Waals surface area contributed by atoms with Gasteiger partial charge in [-0.1, -0.05) is 60.7 Å². The second-order valence-corrected chi connectivity index (χ2v) is 12.0. The molecule has 3 atom stereocenters. The molecule has 0 aliphatic rings. The van der Waals surface area contributed by atoms with Crippen LogP contribution in [0.4, 0.5) is 0 Å². The minimum Gasteiger partial charge on any atom is -0.493 e. The van der Waals surface area contributed by atoms with Gasteiger partial charge in [0.05, 0.1) is 19.4 Å². The molecule has 3 unspecified atom stereocenters. The van der Waals surface area contributed by atoms with Crippen LogP contribution in [0.5, 0.6) is 11.5 Å². The van der Waals surface area contributed by atoms with Crippen molar-refractivity contribution in [3.8, 4) is 11.5 Å². The number of aromatic nitrogens is 1. The van der Waals surface area contributed by atoms with E-state index in [1.807, 2.05) is 91.9 Å². The quantitative estimate of drug-likeness (QED) is 0.0971. The molecule has 0 bridgehead atoms. The molecule has 2 N–H and O–H groups in total. The summed E-state index contributed by atoms with van der Waals surface area (Å²) in [6.45, 7) is 2.10. The van der Waals surface area contributed by atoms with E-state index in [2.05, 4.69) is 4.98 Å². The Morgan fingerprint density at radius 3 is 2.38 bits per heavy atom. The molecule has 0 saturated heterocycles. The highest BCUT2D eigenvalue weighted by atomic mass is 16.7. The average molecular weight is 681 g/mol. The number of ether oxygens (including phenoxy) is 3. The first-order chi connectivity index (χ1) is 24.2. The van der Waals surface area contributed by atoms with Gasteiger partial charge in [-0.05, 0) is 71.7 Å². The van der Waals surface area contributed by atoms with Gasteiger partial charge in [-0.15, -0.1) is 0 Å². The predicted octanol–water partition coefficient (Wildman–Crippen LogP) is 7.14. The number of carbonyl (C=O) groups is 3. The SMILES string of the molecule is COCOc1ccc(C(C/C=C/c2nc3ccccc3o2)C(C)N(Cc2ccc3ccccc3c2)C(=O)CC(CC(=O)O)C(=O)O)cc1OC. The monoisotopic (exact) mass is 680 g/mol. The standard InChI is InChI=1S/C39H40N2O9/c1-25(41(37(42)21-30(39(45)46)22-38(43)44)23-26-15-16-27-9-4-5-10-28(27)19-26)31(29-17-18-34(49-24-47-2)35(20-29)48-3)11-8-14-36-40-32-12-6-7-13-33(32)50-36/h4-10,12-20,25,30-31H,11,21-24H2,1-3H3,(H,43,44)(H,45,46)/b14-8+. The maximum atomic E-state index is 14.1. The molecule has 1 heterocycles. The van der Waals surface area contributed by atoms with E-state index in [1.165, 1.54) is 14.2 Å². The van der Waals surface area contributed by atoms with Crippen molar-refractivity contribution in [2.75, 3.05) is 21.0 Å². The lowest BCUT2D eigenvalue weighted by atomic mass is 9.87. The van der Waals surface area contributed by atoms with Gasteiger partial charge >= 0.3 is 11.9 Å². The van der Waals surface area contributed by atoms with E-state index in [9.17, 15) is 24.6 Å². The number of hydrogen-bond acceptors (Lipinski definition) is 8. The number of amides is 1. The molecule has 11 nitrogen and oxygen atoms in total. The Morgan fingerprint density at radius 1 is 0.900 bits per heavy atom. The highest BCUT2D eigenvalue weighted by molar-refractivity contribution is 5.86. The zero-order chi connectivity index (χ0) is 35.6. The van der Waals surface area contributed by atoms with Crippen molar-refractivity contribution in [2.24, 2.45) is 5.92 Å². The Kier molecular flexibility index (Phi) is 11.8. The van der Waals surface area contributed by atoms with Crippen LogP contribution < -0.4 is 9.47 Å². The summed E-state index contributed by atoms with van der Waals surface area (Å²) in [5, 5.41) is 21.2. The van der Waals surface area contributed by atoms with Gasteiger partial charge in [-0.25, -0.2) is 4.98 Å². The minimum absolute atomic E-state index is 0.0257. The number of nitrogens with zero attached hydrogens (tertiary/aromatic N) is 2. The molecular formula is C39H40N2O9. The van der Waals surface area contributed by atoms with E-state index in [0.29, 0.717) is 29.4 Å². The Morgan fingerprint density at radius 2 is 1.66 bits per heavy atom. The summed E-state index contributed by atoms with van der Waals surface area (Å²) >= 11 is 0. The molecule has 0 saturated carbocycles. The number of oxazole rings is 1. The summed E-state index contributed by atoms with van der Waals surface area (Å²) in [5.74, 6) is -3.44. The lowest BCUT2D eigenvalue weighted by molar-refractivity contribution is -0.151. The zero-order valence-corrected chi connectivity index (χ0v) is 28.2. The van der Waals surface area contributed by atoms with Gasteiger partial charge in [0.15, 0.2) is 23.9 Å². The molecule has 0 aliphatic heterocycles. The number of fused-ring (bicyclic) bond motifs is 2. The van der Waals surface area contributed by atoms with E-state index in [1.54, 1.807) is 17.0 Å². The fourth-order valence-corrected chi connectivity index (χ4v) is 6.04. The maximum Gasteiger partial charge on any atom is 0.307 e. The molecular weight excluding hydrogens is 640 g/mol. The van der Waals surface area contributed by atoms with E-state index in [0.717, 1.165) is 27.4 Å². The van der Waals surface area contributed by atoms with Gasteiger partial charge in [0, 0.05) is 32.0 Å². The molecule has 260 valence electrons. The van der Waals surface area contributed by atoms with Gasteiger partial charge in [-0.2, -0.15) is 0 Å². The summed E-state index contributed by atoms with van der Waals surface area (Å²) in [7, 11) is 3.06. The fraction of sp³-hybridized carbons (Fsp3) is 0.282. The minimum atomic E-state index is -1.39. The second kappa shape index (κ2) is 16.6. The largest absolute Gasteiger partial charge is 0.493 e. The summed E-state index contributed by atoms with van der Waals surface area (Å²) in [6.07, 6.45) is 3.00. The molecule has 4 aromatic carbocycles. The number of allylic oxidation sites excluding steroid dienone is 1. The molecule has 50 heavy (non-hydrogen) atoms. The van der Waals surface area contributed by atoms with Gasteiger partial charge in [0.1, 0.15) is 5.52 Å². The Labute approximate surface area is 289 Å². The van der Waals surface area contributed by atoms with Crippen LogP contribution in [-0.2, 0) is 25.7 Å². The third-order valence-corrected chi connectivity index (χ3v) is 8.66. The summed E-state index contributed by atoms with van der Waals surface area (Å²) in [6, 6.07) is 26.3. The van der Waals surface area contributed by atoms with Crippen molar-refractivity contribution in [1.82, 2.24) is 9.88 Å². The fourth-order valence-electron chi connectivity index (χ4n) is 6.04. The third-order valence-electron chi connectivity index (χ3n) is 8.66. The number of carboxylic acid groups (broad SMARTS) is 2. The van der Waals surface area contributed by atoms with Crippen LogP contribution in [0.15, 0.2) is 95.4 Å². The van der Waals surface area contributed by atoms with Crippen molar-refractivity contribution in [3.05, 3.63) is 108 Å². The third kappa shape index (κ3) is 8.86. The molecule has 0 aliphatic carbocycles. The van der Waals surface area contributed by atoms with E-state index < -0.39 is 42.6 Å². The number of methoxy groups -OCH3 is 2. The lowest BCUT2D eigenvalue weighted by Gasteiger charge is -2.36. The first kappa shape index (κ1) is 35.6. The lowest BCUT2D eigenvalue weighted by Crippen LogP contribution is -2.43. The van der Waals surface area contributed by atoms with Crippen LogP contribution in [0, 0.1) is 5.92 Å². The van der Waals surface area contributed by atoms with Gasteiger partial charge < -0.3 is 33.7 Å². The molecule has 0 spiro atoms. The number of rotatable bonds is 17. The highest BCUT2D eigenvalue weighted by Gasteiger charge is 2.32. The molecule has 5 rings (SSSR count). The van der Waals surface area contributed by atoms with Gasteiger partial charge in [-0.3, -0.25) is 14.4 Å². The smallest absolute Gasteiger partial charge is 0.307 e. The Hall–Kier alpha value is -5.68. The summed E-state index contributed by atoms with van der Waals surface area (Å²) in [4.78, 5) is 43.9. The van der Waals surface area contributed by atoms with Crippen molar-refractivity contribution in [1.29, 1.82) is 0 Å². The predicted molar refractivity (Wildman–Crippen MR) is 188 cm³/mol. The average Bonchev–Trinajstić information content (AvgIpc) is 3.53. The first-order valence-corrected chi connectivity index (χ1v) is 16.2. The van der Waals surface area contributed by atoms with Crippen molar-refractivity contribution in [2.45, 2.75) is 44.7 Å². The van der Waals surface area contributed by atoms with Crippen LogP contribution in [0.3, 0.4) is 0 Å². The summed E-state index contributed by atoms with van der Waals surface area (Å²) < 4.78 is 22.3. The molecule has 0 fully saturated rings. The summed E-state index contributed by atoms with van der Waals surface area (Å²) in [5.41, 5.74) is 3.07. The van der Waals surface area contributed by atoms with Crippen LogP contribution in [0.2, 0.25) is 0 Å². The topological polar surface area (TPSA) is 149 Å². The van der Waals surface area contributed by atoms with Gasteiger partial charge in [0.25, 0.3) is 0 Å². The van der Waals surface area contributed by atoms with Crippen LogP contribution in [0.25, 0.3) is 27.9 Å². The molecule has 1 amide bonds. The number of hydrogen-bond donors (Lipinski definition) is 2. The van der Waals surface area contributed by atoms with Crippen LogP contribution in [0.1, 0.15) is 49.1 Å². The number of para-hydroxylation sites is 2. The van der Waals surface area contributed by atoms with Crippen LogP contribution in [-0.4, -0.2) is 65.0 Å². The molecule has 1 aromatic heterocycles.